The third-order valence-electron chi connectivity index (χ3n) is 4.17. The van der Waals surface area contributed by atoms with Crippen LogP contribution in [0.2, 0.25) is 0 Å². The Morgan fingerprint density at radius 1 is 1.18 bits per heavy atom. The molecule has 0 saturated carbocycles. The first-order chi connectivity index (χ1) is 10.1. The normalized spacial score (nSPS) is 23.5. The average Bonchev–Trinajstić information content (AvgIpc) is 2.81. The number of alkyl halides is 3. The zero-order valence-electron chi connectivity index (χ0n) is 12.7. The molecule has 1 fully saturated rings. The van der Waals surface area contributed by atoms with Crippen molar-refractivity contribution in [3.63, 3.8) is 0 Å². The molecule has 1 aliphatic rings. The van der Waals surface area contributed by atoms with Gasteiger partial charge in [-0.2, -0.15) is 18.4 Å². The Kier molecular flexibility index (Phi) is 4.22. The molecule has 0 aromatic heterocycles. The fraction of sp³-hybridized carbons (Fsp3) is 0.562. The first-order valence-corrected chi connectivity index (χ1v) is 7.06. The molecule has 0 N–H and O–H groups in total. The summed E-state index contributed by atoms with van der Waals surface area (Å²) >= 11 is 0. The standard InChI is InChI=1S/C16H18F4N2/c1-15(2,3)22-8-10(7-21)12(9-22)11-5-4-6-13(14(11)17)16(18,19)20/h4-6,10,12H,8-9H2,1-3H3/t10-,12-/m0/s1. The lowest BCUT2D eigenvalue weighted by Gasteiger charge is -2.31. The second-order valence-electron chi connectivity index (χ2n) is 6.62. The lowest BCUT2D eigenvalue weighted by Crippen LogP contribution is -2.39. The van der Waals surface area contributed by atoms with Crippen LogP contribution >= 0.6 is 0 Å². The van der Waals surface area contributed by atoms with Crippen molar-refractivity contribution in [3.05, 3.63) is 35.1 Å². The predicted molar refractivity (Wildman–Crippen MR) is 74.6 cm³/mol. The maximum atomic E-state index is 14.3. The third kappa shape index (κ3) is 3.09. The van der Waals surface area contributed by atoms with Crippen LogP contribution in [0.4, 0.5) is 17.6 Å². The van der Waals surface area contributed by atoms with Crippen molar-refractivity contribution in [2.45, 2.75) is 38.4 Å². The number of hydrogen-bond donors (Lipinski definition) is 0. The van der Waals surface area contributed by atoms with Gasteiger partial charge in [0.05, 0.1) is 17.6 Å². The van der Waals surface area contributed by atoms with E-state index in [0.29, 0.717) is 13.1 Å². The molecule has 120 valence electrons. The predicted octanol–water partition coefficient (Wildman–Crippen LogP) is 4.18. The van der Waals surface area contributed by atoms with Crippen molar-refractivity contribution in [2.75, 3.05) is 13.1 Å². The van der Waals surface area contributed by atoms with E-state index in [1.165, 1.54) is 12.1 Å². The van der Waals surface area contributed by atoms with E-state index in [2.05, 4.69) is 6.07 Å². The van der Waals surface area contributed by atoms with E-state index >= 15 is 0 Å². The van der Waals surface area contributed by atoms with Gasteiger partial charge in [-0.1, -0.05) is 12.1 Å². The Balaban J connectivity index is 2.42. The van der Waals surface area contributed by atoms with Gasteiger partial charge in [0.25, 0.3) is 0 Å². The van der Waals surface area contributed by atoms with Crippen LogP contribution in [-0.2, 0) is 6.18 Å². The minimum Gasteiger partial charge on any atom is -0.297 e. The molecular formula is C16H18F4N2. The zero-order chi connectivity index (χ0) is 16.7. The second kappa shape index (κ2) is 5.54. The minimum absolute atomic E-state index is 0.0203. The second-order valence-corrected chi connectivity index (χ2v) is 6.62. The fourth-order valence-electron chi connectivity index (χ4n) is 2.85. The molecule has 1 aliphatic heterocycles. The first-order valence-electron chi connectivity index (χ1n) is 7.06. The van der Waals surface area contributed by atoms with Crippen molar-refractivity contribution >= 4 is 0 Å². The van der Waals surface area contributed by atoms with E-state index in [-0.39, 0.29) is 11.1 Å². The van der Waals surface area contributed by atoms with E-state index in [0.717, 1.165) is 6.07 Å². The quantitative estimate of drug-likeness (QED) is 0.727. The topological polar surface area (TPSA) is 27.0 Å². The smallest absolute Gasteiger partial charge is 0.297 e. The first kappa shape index (κ1) is 16.8. The number of benzene rings is 1. The van der Waals surface area contributed by atoms with Gasteiger partial charge in [0.2, 0.25) is 0 Å². The number of nitriles is 1. The summed E-state index contributed by atoms with van der Waals surface area (Å²) in [7, 11) is 0. The van der Waals surface area contributed by atoms with Crippen LogP contribution in [0.1, 0.15) is 37.8 Å². The molecule has 1 aromatic rings. The Morgan fingerprint density at radius 3 is 2.32 bits per heavy atom. The van der Waals surface area contributed by atoms with Gasteiger partial charge in [-0.3, -0.25) is 4.90 Å². The van der Waals surface area contributed by atoms with Gasteiger partial charge in [-0.15, -0.1) is 0 Å². The maximum absolute atomic E-state index is 14.3. The molecule has 1 aromatic carbocycles. The summed E-state index contributed by atoms with van der Waals surface area (Å²) < 4.78 is 52.8. The summed E-state index contributed by atoms with van der Waals surface area (Å²) in [6.45, 7) is 6.70. The van der Waals surface area contributed by atoms with E-state index in [1.54, 1.807) is 0 Å². The molecule has 22 heavy (non-hydrogen) atoms. The molecule has 0 amide bonds. The molecule has 2 nitrogen and oxygen atoms in total. The largest absolute Gasteiger partial charge is 0.419 e. The fourth-order valence-corrected chi connectivity index (χ4v) is 2.85. The Bertz CT molecular complexity index is 596. The molecule has 1 heterocycles. The number of hydrogen-bond acceptors (Lipinski definition) is 2. The molecule has 2 rings (SSSR count). The van der Waals surface area contributed by atoms with Crippen molar-refractivity contribution in [2.24, 2.45) is 5.92 Å². The summed E-state index contributed by atoms with van der Waals surface area (Å²) in [4.78, 5) is 2.01. The lowest BCUT2D eigenvalue weighted by molar-refractivity contribution is -0.140. The SMILES string of the molecule is CC(C)(C)N1C[C@H](c2cccc(C(F)(F)F)c2F)[C@@H](C#N)C1. The Labute approximate surface area is 127 Å². The van der Waals surface area contributed by atoms with E-state index in [4.69, 9.17) is 0 Å². The van der Waals surface area contributed by atoms with Gasteiger partial charge in [0.15, 0.2) is 0 Å². The highest BCUT2D eigenvalue weighted by atomic mass is 19.4. The number of rotatable bonds is 1. The monoisotopic (exact) mass is 314 g/mol. The number of likely N-dealkylation sites (tertiary alicyclic amines) is 1. The maximum Gasteiger partial charge on any atom is 0.419 e. The van der Waals surface area contributed by atoms with Crippen LogP contribution < -0.4 is 0 Å². The molecule has 0 bridgehead atoms. The van der Waals surface area contributed by atoms with Gasteiger partial charge >= 0.3 is 6.18 Å². The Morgan fingerprint density at radius 2 is 1.82 bits per heavy atom. The van der Waals surface area contributed by atoms with Gasteiger partial charge in [0, 0.05) is 24.5 Å². The van der Waals surface area contributed by atoms with Gasteiger partial charge < -0.3 is 0 Å². The zero-order valence-corrected chi connectivity index (χ0v) is 12.7. The summed E-state index contributed by atoms with van der Waals surface area (Å²) in [5, 5.41) is 9.28. The van der Waals surface area contributed by atoms with E-state index in [1.807, 2.05) is 25.7 Å². The molecule has 6 heteroatoms. The minimum atomic E-state index is -4.73. The summed E-state index contributed by atoms with van der Waals surface area (Å²) in [5.41, 5.74) is -1.51. The highest BCUT2D eigenvalue weighted by Gasteiger charge is 2.42. The molecule has 1 saturated heterocycles. The molecule has 0 spiro atoms. The van der Waals surface area contributed by atoms with Crippen LogP contribution in [0, 0.1) is 23.1 Å². The van der Waals surface area contributed by atoms with Crippen molar-refractivity contribution in [1.82, 2.24) is 4.90 Å². The van der Waals surface area contributed by atoms with Crippen LogP contribution in [0.5, 0.6) is 0 Å². The summed E-state index contributed by atoms with van der Waals surface area (Å²) in [6, 6.07) is 5.40. The highest BCUT2D eigenvalue weighted by molar-refractivity contribution is 5.33. The Hall–Kier alpha value is -1.61. The van der Waals surface area contributed by atoms with Crippen molar-refractivity contribution < 1.29 is 17.6 Å². The summed E-state index contributed by atoms with van der Waals surface area (Å²) in [5.74, 6) is -2.32. The van der Waals surface area contributed by atoms with Crippen molar-refractivity contribution in [3.8, 4) is 6.07 Å². The van der Waals surface area contributed by atoms with E-state index < -0.39 is 29.4 Å². The van der Waals surface area contributed by atoms with E-state index in [9.17, 15) is 22.8 Å². The van der Waals surface area contributed by atoms with Crippen LogP contribution in [-0.4, -0.2) is 23.5 Å². The third-order valence-corrected chi connectivity index (χ3v) is 4.17. The molecule has 0 unspecified atom stereocenters. The van der Waals surface area contributed by atoms with Crippen LogP contribution in [0.25, 0.3) is 0 Å². The van der Waals surface area contributed by atoms with Gasteiger partial charge in [-0.25, -0.2) is 4.39 Å². The molecular weight excluding hydrogens is 296 g/mol. The lowest BCUT2D eigenvalue weighted by atomic mass is 9.88. The van der Waals surface area contributed by atoms with Crippen molar-refractivity contribution in [1.29, 1.82) is 5.26 Å². The number of halogens is 4. The summed E-state index contributed by atoms with van der Waals surface area (Å²) in [6.07, 6.45) is -4.73. The molecule has 0 radical (unpaired) electrons. The van der Waals surface area contributed by atoms with Crippen LogP contribution in [0.15, 0.2) is 18.2 Å². The van der Waals surface area contributed by atoms with Gasteiger partial charge in [0.1, 0.15) is 5.82 Å². The number of nitrogens with zero attached hydrogens (tertiary/aromatic N) is 2. The molecule has 2 atom stereocenters. The molecule has 0 aliphatic carbocycles. The highest BCUT2D eigenvalue weighted by Crippen LogP contribution is 2.40. The van der Waals surface area contributed by atoms with Crippen LogP contribution in [0.3, 0.4) is 0 Å². The van der Waals surface area contributed by atoms with Gasteiger partial charge in [-0.05, 0) is 32.4 Å². The average molecular weight is 314 g/mol.